The van der Waals surface area contributed by atoms with E-state index in [2.05, 4.69) is 53.4 Å². The molecule has 0 aromatic heterocycles. The molecule has 3 atom stereocenters. The number of rotatable bonds is 8. The zero-order chi connectivity index (χ0) is 23.5. The van der Waals surface area contributed by atoms with E-state index in [9.17, 15) is 9.59 Å². The predicted molar refractivity (Wildman–Crippen MR) is 129 cm³/mol. The van der Waals surface area contributed by atoms with Crippen LogP contribution in [0.2, 0.25) is 0 Å². The van der Waals surface area contributed by atoms with Crippen LogP contribution in [0.25, 0.3) is 0 Å². The van der Waals surface area contributed by atoms with Crippen LogP contribution in [0.15, 0.2) is 91.0 Å². The molecule has 0 unspecified atom stereocenters. The number of carbonyl (C=O) groups excluding carboxylic acids is 2. The van der Waals surface area contributed by atoms with Crippen LogP contribution in [0.4, 0.5) is 0 Å². The number of hydrogen-bond acceptors (Lipinski definition) is 5. The molecule has 2 amide bonds. The Bertz CT molecular complexity index is 1080. The topological polar surface area (TPSA) is 53.1 Å². The molecule has 0 radical (unpaired) electrons. The van der Waals surface area contributed by atoms with Crippen LogP contribution >= 0.6 is 0 Å². The molecule has 0 bridgehead atoms. The van der Waals surface area contributed by atoms with Crippen molar-refractivity contribution < 1.29 is 14.4 Å². The lowest BCUT2D eigenvalue weighted by Gasteiger charge is -2.29. The summed E-state index contributed by atoms with van der Waals surface area (Å²) in [6.07, 6.45) is -0.751. The molecular formula is C28H29N3O3. The summed E-state index contributed by atoms with van der Waals surface area (Å²) in [7, 11) is 1.54. The monoisotopic (exact) mass is 455 g/mol. The Balaban J connectivity index is 1.37. The molecule has 6 heteroatoms. The summed E-state index contributed by atoms with van der Waals surface area (Å²) in [4.78, 5) is 35.4. The van der Waals surface area contributed by atoms with Crippen molar-refractivity contribution in [3.63, 3.8) is 0 Å². The van der Waals surface area contributed by atoms with Crippen molar-refractivity contribution in [1.82, 2.24) is 14.9 Å². The van der Waals surface area contributed by atoms with Crippen LogP contribution in [-0.2, 0) is 27.5 Å². The van der Waals surface area contributed by atoms with E-state index in [1.165, 1.54) is 16.0 Å². The molecule has 2 aliphatic heterocycles. The van der Waals surface area contributed by atoms with E-state index in [0.717, 1.165) is 25.2 Å². The molecule has 6 nitrogen and oxygen atoms in total. The SMILES string of the molecule is CN1C(=O)[C@@H]2[C@@H](ON(CCN(Cc3ccccc3)Cc3ccccc3)[C@H]2c2ccccc2)C1=O. The van der Waals surface area contributed by atoms with Gasteiger partial charge in [0.05, 0.1) is 12.0 Å². The third-order valence-corrected chi connectivity index (χ3v) is 6.69. The summed E-state index contributed by atoms with van der Waals surface area (Å²) in [6.45, 7) is 2.90. The summed E-state index contributed by atoms with van der Waals surface area (Å²) in [5, 5.41) is 1.86. The molecule has 0 spiro atoms. The maximum atomic E-state index is 12.9. The fourth-order valence-corrected chi connectivity index (χ4v) is 4.96. The van der Waals surface area contributed by atoms with E-state index >= 15 is 0 Å². The molecule has 5 rings (SSSR count). The Kier molecular flexibility index (Phi) is 6.54. The fourth-order valence-electron chi connectivity index (χ4n) is 4.96. The van der Waals surface area contributed by atoms with E-state index in [1.807, 2.05) is 47.5 Å². The van der Waals surface area contributed by atoms with E-state index in [0.29, 0.717) is 6.54 Å². The number of imide groups is 1. The third kappa shape index (κ3) is 4.53. The predicted octanol–water partition coefficient (Wildman–Crippen LogP) is 3.66. The number of hydroxylamine groups is 2. The second-order valence-corrected chi connectivity index (χ2v) is 8.97. The second-order valence-electron chi connectivity index (χ2n) is 8.97. The van der Waals surface area contributed by atoms with Gasteiger partial charge in [-0.2, -0.15) is 5.06 Å². The van der Waals surface area contributed by atoms with Crippen molar-refractivity contribution in [2.24, 2.45) is 5.92 Å². The van der Waals surface area contributed by atoms with Gasteiger partial charge in [0.2, 0.25) is 5.91 Å². The molecule has 3 aromatic rings. The van der Waals surface area contributed by atoms with E-state index in [4.69, 9.17) is 4.84 Å². The Hall–Kier alpha value is -3.32. The Morgan fingerprint density at radius 3 is 1.85 bits per heavy atom. The van der Waals surface area contributed by atoms with Crippen molar-refractivity contribution in [3.05, 3.63) is 108 Å². The zero-order valence-corrected chi connectivity index (χ0v) is 19.3. The van der Waals surface area contributed by atoms with E-state index < -0.39 is 12.0 Å². The Morgan fingerprint density at radius 1 is 0.765 bits per heavy atom. The molecule has 0 aliphatic carbocycles. The van der Waals surface area contributed by atoms with Gasteiger partial charge in [0.1, 0.15) is 0 Å². The molecule has 2 heterocycles. The number of fused-ring (bicyclic) bond motifs is 1. The molecule has 2 aliphatic rings. The van der Waals surface area contributed by atoms with Crippen molar-refractivity contribution >= 4 is 11.8 Å². The standard InChI is InChI=1S/C28H29N3O3/c1-29-27(32)24-25(23-15-9-4-10-16-23)31(34-26(24)28(29)33)18-17-30(19-21-11-5-2-6-12-21)20-22-13-7-3-8-14-22/h2-16,24-26H,17-20H2,1H3/t24-,25-,26+/m0/s1. The molecular weight excluding hydrogens is 426 g/mol. The highest BCUT2D eigenvalue weighted by molar-refractivity contribution is 6.07. The highest BCUT2D eigenvalue weighted by atomic mass is 16.7. The summed E-state index contributed by atoms with van der Waals surface area (Å²) in [5.74, 6) is -0.947. The van der Waals surface area contributed by atoms with Crippen LogP contribution in [0.5, 0.6) is 0 Å². The molecule has 0 saturated carbocycles. The number of likely N-dealkylation sites (N-methyl/N-ethyl adjacent to an activating group) is 1. The smallest absolute Gasteiger partial charge is 0.261 e. The van der Waals surface area contributed by atoms with Gasteiger partial charge in [-0.15, -0.1) is 0 Å². The summed E-state index contributed by atoms with van der Waals surface area (Å²) in [6, 6.07) is 30.4. The molecule has 0 N–H and O–H groups in total. The average molecular weight is 456 g/mol. The first-order chi connectivity index (χ1) is 16.6. The fraction of sp³-hybridized carbons (Fsp3) is 0.286. The summed E-state index contributed by atoms with van der Waals surface area (Å²) >= 11 is 0. The van der Waals surface area contributed by atoms with Gasteiger partial charge in [-0.25, -0.2) is 0 Å². The quantitative estimate of drug-likeness (QED) is 0.485. The largest absolute Gasteiger partial charge is 0.293 e. The van der Waals surface area contributed by atoms with Gasteiger partial charge in [0.25, 0.3) is 5.91 Å². The minimum Gasteiger partial charge on any atom is -0.293 e. The summed E-state index contributed by atoms with van der Waals surface area (Å²) in [5.41, 5.74) is 3.47. The van der Waals surface area contributed by atoms with Gasteiger partial charge >= 0.3 is 0 Å². The number of amides is 2. The highest BCUT2D eigenvalue weighted by Crippen LogP contribution is 2.43. The van der Waals surface area contributed by atoms with Crippen LogP contribution in [0.3, 0.4) is 0 Å². The van der Waals surface area contributed by atoms with Gasteiger partial charge in [-0.1, -0.05) is 91.0 Å². The van der Waals surface area contributed by atoms with E-state index in [1.54, 1.807) is 7.05 Å². The first-order valence-corrected chi connectivity index (χ1v) is 11.7. The maximum Gasteiger partial charge on any atom is 0.261 e. The van der Waals surface area contributed by atoms with Crippen LogP contribution < -0.4 is 0 Å². The molecule has 2 saturated heterocycles. The summed E-state index contributed by atoms with van der Waals surface area (Å²) < 4.78 is 0. The van der Waals surface area contributed by atoms with Gasteiger partial charge in [0.15, 0.2) is 6.10 Å². The number of nitrogens with zero attached hydrogens (tertiary/aromatic N) is 3. The number of carbonyl (C=O) groups is 2. The normalized spacial score (nSPS) is 22.5. The number of hydrogen-bond donors (Lipinski definition) is 0. The second kappa shape index (κ2) is 9.89. The lowest BCUT2D eigenvalue weighted by Crippen LogP contribution is -2.38. The van der Waals surface area contributed by atoms with Crippen LogP contribution in [-0.4, -0.2) is 52.9 Å². The number of benzene rings is 3. The van der Waals surface area contributed by atoms with Gasteiger partial charge in [0, 0.05) is 33.2 Å². The average Bonchev–Trinajstić information content (AvgIpc) is 3.35. The van der Waals surface area contributed by atoms with Crippen molar-refractivity contribution in [2.45, 2.75) is 25.2 Å². The lowest BCUT2D eigenvalue weighted by molar-refractivity contribution is -0.180. The van der Waals surface area contributed by atoms with Gasteiger partial charge < -0.3 is 0 Å². The lowest BCUT2D eigenvalue weighted by atomic mass is 9.91. The first kappa shape index (κ1) is 22.5. The molecule has 34 heavy (non-hydrogen) atoms. The van der Waals surface area contributed by atoms with Crippen molar-refractivity contribution in [2.75, 3.05) is 20.1 Å². The van der Waals surface area contributed by atoms with Crippen LogP contribution in [0, 0.1) is 5.92 Å². The van der Waals surface area contributed by atoms with Crippen LogP contribution in [0.1, 0.15) is 22.7 Å². The minimum atomic E-state index is -0.751. The van der Waals surface area contributed by atoms with Crippen molar-refractivity contribution in [3.8, 4) is 0 Å². The molecule has 3 aromatic carbocycles. The van der Waals surface area contributed by atoms with E-state index in [-0.39, 0.29) is 17.9 Å². The Labute approximate surface area is 200 Å². The molecule has 174 valence electrons. The maximum absolute atomic E-state index is 12.9. The van der Waals surface area contributed by atoms with Gasteiger partial charge in [-0.3, -0.25) is 24.2 Å². The van der Waals surface area contributed by atoms with Gasteiger partial charge in [-0.05, 0) is 16.7 Å². The molecule has 2 fully saturated rings. The number of likely N-dealkylation sites (tertiary alicyclic amines) is 1. The minimum absolute atomic E-state index is 0.170. The Morgan fingerprint density at radius 2 is 1.29 bits per heavy atom. The first-order valence-electron chi connectivity index (χ1n) is 11.7. The van der Waals surface area contributed by atoms with Crippen molar-refractivity contribution in [1.29, 1.82) is 0 Å². The highest BCUT2D eigenvalue weighted by Gasteiger charge is 2.58. The zero-order valence-electron chi connectivity index (χ0n) is 19.3. The third-order valence-electron chi connectivity index (χ3n) is 6.69.